The molecule has 0 N–H and O–H groups in total. The highest BCUT2D eigenvalue weighted by molar-refractivity contribution is 5.73. The molecular weight excluding hydrogens is 757 g/mol. The Balaban J connectivity index is 0.000000207. The Bertz CT molecular complexity index is 2470. The Kier molecular flexibility index (Phi) is 21.4. The molecule has 0 fully saturated rings. The fourth-order valence-electron chi connectivity index (χ4n) is 6.91. The first-order valence-corrected chi connectivity index (χ1v) is 23.0. The van der Waals surface area contributed by atoms with Gasteiger partial charge in [0, 0.05) is 0 Å². The van der Waals surface area contributed by atoms with Crippen molar-refractivity contribution in [1.82, 2.24) is 0 Å². The number of benzene rings is 8. The summed E-state index contributed by atoms with van der Waals surface area (Å²) in [5.41, 5.74) is 19.6. The number of hydrogen-bond acceptors (Lipinski definition) is 0. The molecule has 0 saturated carbocycles. The van der Waals surface area contributed by atoms with Gasteiger partial charge < -0.3 is 0 Å². The van der Waals surface area contributed by atoms with Crippen LogP contribution in [0.5, 0.6) is 0 Å². The Morgan fingerprint density at radius 3 is 1.14 bits per heavy atom. The van der Waals surface area contributed by atoms with Crippen molar-refractivity contribution in [2.75, 3.05) is 0 Å². The summed E-state index contributed by atoms with van der Waals surface area (Å²) in [6.45, 7) is 19.0. The van der Waals surface area contributed by atoms with Crippen molar-refractivity contribution in [3.05, 3.63) is 245 Å². The monoisotopic (exact) mass is 827 g/mol. The number of hydrogen-bond donors (Lipinski definition) is 0. The van der Waals surface area contributed by atoms with E-state index in [4.69, 9.17) is 0 Å². The molecule has 0 bridgehead atoms. The maximum Gasteiger partial charge on any atom is -0.00258 e. The van der Waals surface area contributed by atoms with E-state index in [1.165, 1.54) is 96.3 Å². The summed E-state index contributed by atoms with van der Waals surface area (Å²) in [6.07, 6.45) is 9.04. The van der Waals surface area contributed by atoms with Crippen molar-refractivity contribution < 1.29 is 0 Å². The average Bonchev–Trinajstić information content (AvgIpc) is 3.33. The quantitative estimate of drug-likeness (QED) is 0.136. The number of unbranched alkanes of at least 4 members (excludes halogenated alkanes) is 1. The van der Waals surface area contributed by atoms with Gasteiger partial charge in [-0.15, -0.1) is 0 Å². The van der Waals surface area contributed by atoms with Gasteiger partial charge in [-0.05, 0) is 119 Å². The number of rotatable bonds is 9. The van der Waals surface area contributed by atoms with Crippen LogP contribution in [0.15, 0.2) is 206 Å². The van der Waals surface area contributed by atoms with Crippen LogP contribution >= 0.6 is 0 Å². The third kappa shape index (κ3) is 16.4. The third-order valence-corrected chi connectivity index (χ3v) is 10.4. The molecule has 0 saturated heterocycles. The van der Waals surface area contributed by atoms with Crippen LogP contribution in [0.3, 0.4) is 0 Å². The van der Waals surface area contributed by atoms with Gasteiger partial charge in [-0.3, -0.25) is 0 Å². The maximum absolute atomic E-state index is 2.30. The summed E-state index contributed by atoms with van der Waals surface area (Å²) in [4.78, 5) is 0. The summed E-state index contributed by atoms with van der Waals surface area (Å²) < 4.78 is 0. The second-order valence-electron chi connectivity index (χ2n) is 15.8. The van der Waals surface area contributed by atoms with Crippen LogP contribution in [0.25, 0.3) is 50.6 Å². The van der Waals surface area contributed by atoms with Crippen molar-refractivity contribution in [2.24, 2.45) is 0 Å². The van der Waals surface area contributed by atoms with E-state index in [-0.39, 0.29) is 0 Å². The summed E-state index contributed by atoms with van der Waals surface area (Å²) in [5.74, 6) is 0. The minimum Gasteiger partial charge on any atom is -0.0840 e. The van der Waals surface area contributed by atoms with Crippen LogP contribution in [-0.2, 0) is 6.42 Å². The van der Waals surface area contributed by atoms with Gasteiger partial charge >= 0.3 is 0 Å². The van der Waals surface area contributed by atoms with Crippen LogP contribution in [0.1, 0.15) is 92.8 Å². The summed E-state index contributed by atoms with van der Waals surface area (Å²) in [6, 6.07) is 71.4. The lowest BCUT2D eigenvalue weighted by molar-refractivity contribution is 0.962. The third-order valence-electron chi connectivity index (χ3n) is 10.4. The Labute approximate surface area is 382 Å². The van der Waals surface area contributed by atoms with Crippen LogP contribution in [-0.4, -0.2) is 0 Å². The fourth-order valence-corrected chi connectivity index (χ4v) is 6.91. The number of allylic oxidation sites excluding steroid dienone is 1. The SMILES string of the molecule is CC.CCC.CCC/C=C\c1ccc(C)c(-c2ccccc2C)c1.Cc1ccc(-c2ccc(Cc3ccc(-c4ccccc4)cc3)cc2)cc1.Cc1ccc(-c2ccccc2)cc1. The Hall–Kier alpha value is -6.50. The first kappa shape index (κ1) is 49.2. The van der Waals surface area contributed by atoms with Crippen LogP contribution < -0.4 is 0 Å². The highest BCUT2D eigenvalue weighted by Gasteiger charge is 2.05. The van der Waals surface area contributed by atoms with Gasteiger partial charge in [-0.25, -0.2) is 0 Å². The van der Waals surface area contributed by atoms with Crippen molar-refractivity contribution >= 4 is 6.08 Å². The predicted octanol–water partition coefficient (Wildman–Crippen LogP) is 18.8. The molecule has 0 radical (unpaired) electrons. The molecule has 0 heterocycles. The second-order valence-corrected chi connectivity index (χ2v) is 15.8. The lowest BCUT2D eigenvalue weighted by atomic mass is 9.95. The standard InChI is InChI=1S/C26H22.C19H22.C13H12.C3H8.C2H6/c1-20-7-13-24(14-8-20)26-17-11-22(12-18-26)19-21-9-15-25(16-10-21)23-5-3-2-4-6-23;1-4-5-6-10-17-13-12-16(3)19(14-17)18-11-8-7-9-15(18)2;1-11-7-9-13(10-8-11)12-5-3-2-4-6-12;1-3-2;1-2/h2-18H,19H2,1H3;6-14H,4-5H2,1-3H3;2-10H,1H3;3H2,1-2H3;1-2H3/b;10-6-;;;. The molecule has 0 amide bonds. The van der Waals surface area contributed by atoms with Gasteiger partial charge in [0.25, 0.3) is 0 Å². The van der Waals surface area contributed by atoms with E-state index in [0.29, 0.717) is 0 Å². The molecule has 8 aromatic rings. The molecule has 0 aromatic heterocycles. The van der Waals surface area contributed by atoms with E-state index in [0.717, 1.165) is 12.8 Å². The molecule has 0 unspecified atom stereocenters. The van der Waals surface area contributed by atoms with Gasteiger partial charge in [-0.2, -0.15) is 0 Å². The second kappa shape index (κ2) is 27.4. The molecule has 322 valence electrons. The molecule has 0 aliphatic carbocycles. The van der Waals surface area contributed by atoms with E-state index in [1.54, 1.807) is 0 Å². The average molecular weight is 827 g/mol. The molecular formula is C63H70. The lowest BCUT2D eigenvalue weighted by Crippen LogP contribution is -1.89. The molecule has 8 aromatic carbocycles. The maximum atomic E-state index is 2.30. The highest BCUT2D eigenvalue weighted by atomic mass is 14.1. The minimum atomic E-state index is 0.962. The van der Waals surface area contributed by atoms with Gasteiger partial charge in [0.15, 0.2) is 0 Å². The van der Waals surface area contributed by atoms with Crippen molar-refractivity contribution in [3.63, 3.8) is 0 Å². The Morgan fingerprint density at radius 2 is 0.730 bits per heavy atom. The van der Waals surface area contributed by atoms with E-state index in [2.05, 4.69) is 255 Å². The summed E-state index contributed by atoms with van der Waals surface area (Å²) >= 11 is 0. The first-order valence-electron chi connectivity index (χ1n) is 23.0. The zero-order valence-corrected chi connectivity index (χ0v) is 39.5. The molecule has 0 heteroatoms. The molecule has 0 atom stereocenters. The Morgan fingerprint density at radius 1 is 0.365 bits per heavy atom. The van der Waals surface area contributed by atoms with E-state index in [9.17, 15) is 0 Å². The highest BCUT2D eigenvalue weighted by Crippen LogP contribution is 2.28. The van der Waals surface area contributed by atoms with Gasteiger partial charge in [0.05, 0.1) is 0 Å². The zero-order chi connectivity index (χ0) is 45.2. The predicted molar refractivity (Wildman–Crippen MR) is 281 cm³/mol. The molecule has 63 heavy (non-hydrogen) atoms. The molecule has 0 aliphatic rings. The largest absolute Gasteiger partial charge is 0.0840 e. The topological polar surface area (TPSA) is 0 Å². The van der Waals surface area contributed by atoms with Crippen molar-refractivity contribution in [2.45, 2.75) is 88.0 Å². The minimum absolute atomic E-state index is 0.962. The van der Waals surface area contributed by atoms with Gasteiger partial charge in [0.2, 0.25) is 0 Å². The summed E-state index contributed by atoms with van der Waals surface area (Å²) in [5, 5.41) is 0. The van der Waals surface area contributed by atoms with Gasteiger partial charge in [-0.1, -0.05) is 265 Å². The van der Waals surface area contributed by atoms with Crippen molar-refractivity contribution in [3.8, 4) is 44.5 Å². The van der Waals surface area contributed by atoms with Gasteiger partial charge in [0.1, 0.15) is 0 Å². The molecule has 0 aliphatic heterocycles. The van der Waals surface area contributed by atoms with E-state index >= 15 is 0 Å². The summed E-state index contributed by atoms with van der Waals surface area (Å²) in [7, 11) is 0. The fraction of sp³-hybridized carbons (Fsp3) is 0.206. The van der Waals surface area contributed by atoms with Crippen LogP contribution in [0.2, 0.25) is 0 Å². The van der Waals surface area contributed by atoms with Crippen molar-refractivity contribution in [1.29, 1.82) is 0 Å². The lowest BCUT2D eigenvalue weighted by Gasteiger charge is -2.10. The zero-order valence-electron chi connectivity index (χ0n) is 39.5. The molecule has 8 rings (SSSR count). The van der Waals surface area contributed by atoms with E-state index < -0.39 is 0 Å². The molecule has 0 spiro atoms. The normalized spacial score (nSPS) is 10.2. The van der Waals surface area contributed by atoms with Crippen LogP contribution in [0, 0.1) is 27.7 Å². The van der Waals surface area contributed by atoms with E-state index in [1.807, 2.05) is 19.9 Å². The molecule has 0 nitrogen and oxygen atoms in total. The smallest absolute Gasteiger partial charge is 0.00258 e. The first-order chi connectivity index (χ1) is 30.8. The number of aryl methyl sites for hydroxylation is 4. The van der Waals surface area contributed by atoms with Crippen LogP contribution in [0.4, 0.5) is 0 Å².